The van der Waals surface area contributed by atoms with Gasteiger partial charge in [0.15, 0.2) is 5.78 Å². The van der Waals surface area contributed by atoms with E-state index < -0.39 is 12.7 Å². The Balaban J connectivity index is 2.06. The van der Waals surface area contributed by atoms with Gasteiger partial charge >= 0.3 is 6.18 Å². The average molecular weight is 359 g/mol. The molecule has 0 saturated carbocycles. The zero-order chi connectivity index (χ0) is 18.8. The summed E-state index contributed by atoms with van der Waals surface area (Å²) >= 11 is 0. The van der Waals surface area contributed by atoms with Crippen molar-refractivity contribution in [2.45, 2.75) is 52.4 Å². The number of ketones is 1. The summed E-state index contributed by atoms with van der Waals surface area (Å²) in [5, 5.41) is 2.85. The van der Waals surface area contributed by atoms with Crippen LogP contribution in [0.5, 0.6) is 0 Å². The number of likely N-dealkylation sites (tertiary alicyclic amines) is 1. The van der Waals surface area contributed by atoms with Crippen molar-refractivity contribution in [1.29, 1.82) is 0 Å². The minimum atomic E-state index is -4.33. The van der Waals surface area contributed by atoms with Crippen LogP contribution in [0.4, 0.5) is 13.2 Å². The first-order chi connectivity index (χ1) is 11.6. The molecule has 1 saturated heterocycles. The number of alkyl halides is 3. The number of Topliss-reactive ketones (excluding diaryl/α,β-unsaturated/α-hetero) is 1. The van der Waals surface area contributed by atoms with Gasteiger partial charge in [0.1, 0.15) is 6.54 Å². The predicted octanol–water partition coefficient (Wildman–Crippen LogP) is 2.45. The van der Waals surface area contributed by atoms with Crippen LogP contribution in [0.25, 0.3) is 0 Å². The van der Waals surface area contributed by atoms with E-state index in [1.807, 2.05) is 4.90 Å². The lowest BCUT2D eigenvalue weighted by Crippen LogP contribution is -2.48. The molecule has 1 N–H and O–H groups in total. The van der Waals surface area contributed by atoms with E-state index in [-0.39, 0.29) is 24.3 Å². The van der Waals surface area contributed by atoms with Gasteiger partial charge in [0.2, 0.25) is 5.91 Å². The topological polar surface area (TPSA) is 54.3 Å². The van der Waals surface area contributed by atoms with E-state index in [0.717, 1.165) is 24.0 Å². The van der Waals surface area contributed by atoms with Gasteiger partial charge in [-0.1, -0.05) is 0 Å². The number of hydrogen-bond donors (Lipinski definition) is 1. The summed E-state index contributed by atoms with van der Waals surface area (Å²) < 4.78 is 39.2. The second-order valence-electron chi connectivity index (χ2n) is 6.68. The first kappa shape index (κ1) is 19.5. The van der Waals surface area contributed by atoms with Gasteiger partial charge in [-0.3, -0.25) is 14.5 Å². The predicted molar refractivity (Wildman–Crippen MR) is 87.6 cm³/mol. The molecule has 140 valence electrons. The van der Waals surface area contributed by atoms with Crippen molar-refractivity contribution < 1.29 is 22.8 Å². The Morgan fingerprint density at radius 3 is 2.60 bits per heavy atom. The lowest BCUT2D eigenvalue weighted by Gasteiger charge is -2.32. The molecule has 1 aliphatic heterocycles. The van der Waals surface area contributed by atoms with Crippen LogP contribution in [-0.4, -0.2) is 53.0 Å². The maximum atomic E-state index is 12.7. The molecule has 1 fully saturated rings. The fourth-order valence-corrected chi connectivity index (χ4v) is 3.40. The third-order valence-corrected chi connectivity index (χ3v) is 4.49. The van der Waals surface area contributed by atoms with Crippen molar-refractivity contribution >= 4 is 11.7 Å². The van der Waals surface area contributed by atoms with Crippen LogP contribution in [0.1, 0.15) is 41.5 Å². The SMILES string of the molecule is CC(=O)NC1CCCN(CC(=O)c2cc(C)n(CC(F)(F)F)c2C)C1. The summed E-state index contributed by atoms with van der Waals surface area (Å²) in [6.45, 7) is 4.94. The summed E-state index contributed by atoms with van der Waals surface area (Å²) in [7, 11) is 0. The maximum absolute atomic E-state index is 12.7. The van der Waals surface area contributed by atoms with Gasteiger partial charge in [-0.05, 0) is 39.3 Å². The summed E-state index contributed by atoms with van der Waals surface area (Å²) in [6.07, 6.45) is -2.59. The highest BCUT2D eigenvalue weighted by molar-refractivity contribution is 5.99. The van der Waals surface area contributed by atoms with Gasteiger partial charge in [-0.2, -0.15) is 13.2 Å². The number of hydrogen-bond acceptors (Lipinski definition) is 3. The second-order valence-corrected chi connectivity index (χ2v) is 6.68. The third kappa shape index (κ3) is 5.32. The molecule has 1 aromatic heterocycles. The molecule has 1 aliphatic rings. The third-order valence-electron chi connectivity index (χ3n) is 4.49. The van der Waals surface area contributed by atoms with Crippen LogP contribution in [0, 0.1) is 13.8 Å². The van der Waals surface area contributed by atoms with E-state index in [4.69, 9.17) is 0 Å². The Morgan fingerprint density at radius 1 is 1.32 bits per heavy atom. The molecule has 8 heteroatoms. The Bertz CT molecular complexity index is 652. The van der Waals surface area contributed by atoms with Gasteiger partial charge in [-0.15, -0.1) is 0 Å². The van der Waals surface area contributed by atoms with Gasteiger partial charge in [0, 0.05) is 36.5 Å². The van der Waals surface area contributed by atoms with Crippen molar-refractivity contribution in [1.82, 2.24) is 14.8 Å². The van der Waals surface area contributed by atoms with Crippen molar-refractivity contribution in [2.24, 2.45) is 0 Å². The van der Waals surface area contributed by atoms with E-state index >= 15 is 0 Å². The lowest BCUT2D eigenvalue weighted by molar-refractivity contribution is -0.141. The van der Waals surface area contributed by atoms with E-state index in [1.54, 1.807) is 13.8 Å². The molecule has 0 aromatic carbocycles. The summed E-state index contributed by atoms with van der Waals surface area (Å²) in [6, 6.07) is 1.54. The van der Waals surface area contributed by atoms with Crippen molar-refractivity contribution in [3.63, 3.8) is 0 Å². The molecule has 5 nitrogen and oxygen atoms in total. The molecule has 1 amide bonds. The quantitative estimate of drug-likeness (QED) is 0.822. The second kappa shape index (κ2) is 7.59. The first-order valence-electron chi connectivity index (χ1n) is 8.33. The molecular weight excluding hydrogens is 335 g/mol. The Labute approximate surface area is 145 Å². The summed E-state index contributed by atoms with van der Waals surface area (Å²) in [4.78, 5) is 25.7. The fourth-order valence-electron chi connectivity index (χ4n) is 3.40. The van der Waals surface area contributed by atoms with Crippen molar-refractivity contribution in [3.05, 3.63) is 23.0 Å². The van der Waals surface area contributed by atoms with E-state index in [2.05, 4.69) is 5.32 Å². The number of halogens is 3. The molecule has 2 heterocycles. The number of amides is 1. The Hall–Kier alpha value is -1.83. The molecule has 0 aliphatic carbocycles. The first-order valence-corrected chi connectivity index (χ1v) is 8.33. The maximum Gasteiger partial charge on any atom is 0.406 e. The number of aryl methyl sites for hydroxylation is 1. The minimum Gasteiger partial charge on any atom is -0.352 e. The smallest absolute Gasteiger partial charge is 0.352 e. The number of nitrogens with one attached hydrogen (secondary N) is 1. The van der Waals surface area contributed by atoms with Crippen LogP contribution < -0.4 is 5.32 Å². The standard InChI is InChI=1S/C17H24F3N3O2/c1-11-7-15(12(2)23(11)10-17(18,19)20)16(25)9-22-6-4-5-14(8-22)21-13(3)24/h7,14H,4-6,8-10H2,1-3H3,(H,21,24). The average Bonchev–Trinajstić information content (AvgIpc) is 2.73. The highest BCUT2D eigenvalue weighted by Crippen LogP contribution is 2.23. The molecule has 0 radical (unpaired) electrons. The van der Waals surface area contributed by atoms with Gasteiger partial charge < -0.3 is 9.88 Å². The minimum absolute atomic E-state index is 0.0108. The van der Waals surface area contributed by atoms with E-state index in [9.17, 15) is 22.8 Å². The summed E-state index contributed by atoms with van der Waals surface area (Å²) in [5.74, 6) is -0.293. The molecule has 1 atom stereocenters. The van der Waals surface area contributed by atoms with E-state index in [1.165, 1.54) is 13.0 Å². The van der Waals surface area contributed by atoms with E-state index in [0.29, 0.717) is 23.5 Å². The number of carbonyl (C=O) groups is 2. The van der Waals surface area contributed by atoms with Crippen LogP contribution in [0.15, 0.2) is 6.07 Å². The molecule has 1 aromatic rings. The summed E-state index contributed by atoms with van der Waals surface area (Å²) in [5.41, 5.74) is 1.10. The van der Waals surface area contributed by atoms with Crippen molar-refractivity contribution in [2.75, 3.05) is 19.6 Å². The molecule has 0 bridgehead atoms. The van der Waals surface area contributed by atoms with Gasteiger partial charge in [0.05, 0.1) is 6.54 Å². The van der Waals surface area contributed by atoms with Crippen molar-refractivity contribution in [3.8, 4) is 0 Å². The number of rotatable bonds is 5. The number of piperidine rings is 1. The van der Waals surface area contributed by atoms with Crippen LogP contribution in [-0.2, 0) is 11.3 Å². The number of carbonyl (C=O) groups excluding carboxylic acids is 2. The lowest BCUT2D eigenvalue weighted by atomic mass is 10.0. The van der Waals surface area contributed by atoms with Crippen LogP contribution in [0.3, 0.4) is 0 Å². The van der Waals surface area contributed by atoms with Gasteiger partial charge in [-0.25, -0.2) is 0 Å². The molecule has 25 heavy (non-hydrogen) atoms. The Morgan fingerprint density at radius 2 is 2.00 bits per heavy atom. The highest BCUT2D eigenvalue weighted by Gasteiger charge is 2.31. The number of aromatic nitrogens is 1. The normalized spacial score (nSPS) is 19.0. The zero-order valence-corrected chi connectivity index (χ0v) is 14.7. The highest BCUT2D eigenvalue weighted by atomic mass is 19.4. The Kier molecular flexibility index (Phi) is 5.92. The zero-order valence-electron chi connectivity index (χ0n) is 14.7. The van der Waals surface area contributed by atoms with Crippen LogP contribution >= 0.6 is 0 Å². The van der Waals surface area contributed by atoms with Crippen LogP contribution in [0.2, 0.25) is 0 Å². The number of nitrogens with zero attached hydrogens (tertiary/aromatic N) is 2. The fraction of sp³-hybridized carbons (Fsp3) is 0.647. The largest absolute Gasteiger partial charge is 0.406 e. The molecule has 1 unspecified atom stereocenters. The molecule has 2 rings (SSSR count). The van der Waals surface area contributed by atoms with Gasteiger partial charge in [0.25, 0.3) is 0 Å². The monoisotopic (exact) mass is 359 g/mol. The molecular formula is C17H24F3N3O2. The molecule has 0 spiro atoms.